The Morgan fingerprint density at radius 3 is 2.40 bits per heavy atom. The first-order chi connectivity index (χ1) is 14.7. The number of nitrogens with zero attached hydrogens (tertiary/aromatic N) is 6. The maximum Gasteiger partial charge on any atom is 0.253 e. The fourth-order valence-electron chi connectivity index (χ4n) is 3.45. The van der Waals surface area contributed by atoms with Crippen molar-refractivity contribution in [1.29, 1.82) is 0 Å². The molecule has 2 aromatic rings. The number of pyridine rings is 1. The minimum absolute atomic E-state index is 0.215. The van der Waals surface area contributed by atoms with Crippen LogP contribution in [0.25, 0.3) is 0 Å². The molecule has 0 bridgehead atoms. The molecule has 0 aliphatic carbocycles. The van der Waals surface area contributed by atoms with Crippen LogP contribution < -0.4 is 19.9 Å². The van der Waals surface area contributed by atoms with Crippen LogP contribution in [-0.4, -0.2) is 71.8 Å². The minimum Gasteiger partial charge on any atom is -0.478 e. The van der Waals surface area contributed by atoms with Gasteiger partial charge in [-0.1, -0.05) is 0 Å². The Balaban J connectivity index is 1.47. The van der Waals surface area contributed by atoms with E-state index in [2.05, 4.69) is 35.1 Å². The molecular formula is C20H27N7O3. The van der Waals surface area contributed by atoms with Crippen molar-refractivity contribution >= 4 is 17.8 Å². The highest BCUT2D eigenvalue weighted by atomic mass is 16.5. The number of hydrogen-bond donors (Lipinski definition) is 1. The summed E-state index contributed by atoms with van der Waals surface area (Å²) >= 11 is 0. The SMILES string of the molecule is CCOc1ccc(C(=O)NCc2nc(N3CCCC3)nc(N3CCOCC3)n2)cn1. The van der Waals surface area contributed by atoms with Gasteiger partial charge in [0, 0.05) is 38.4 Å². The number of carbonyl (C=O) groups excluding carboxylic acids is 1. The number of aromatic nitrogens is 4. The van der Waals surface area contributed by atoms with Gasteiger partial charge in [-0.25, -0.2) is 4.98 Å². The van der Waals surface area contributed by atoms with E-state index in [1.54, 1.807) is 12.1 Å². The normalized spacial score (nSPS) is 16.6. The van der Waals surface area contributed by atoms with E-state index in [0.29, 0.717) is 49.0 Å². The summed E-state index contributed by atoms with van der Waals surface area (Å²) in [5, 5.41) is 2.88. The maximum absolute atomic E-state index is 12.5. The van der Waals surface area contributed by atoms with Crippen molar-refractivity contribution in [2.75, 3.05) is 55.8 Å². The van der Waals surface area contributed by atoms with E-state index in [1.807, 2.05) is 6.92 Å². The number of anilines is 2. The topological polar surface area (TPSA) is 106 Å². The first kappa shape index (κ1) is 20.3. The summed E-state index contributed by atoms with van der Waals surface area (Å²) in [5.74, 6) is 2.12. The summed E-state index contributed by atoms with van der Waals surface area (Å²) in [6.45, 7) is 7.31. The van der Waals surface area contributed by atoms with Crippen molar-refractivity contribution in [2.45, 2.75) is 26.3 Å². The van der Waals surface area contributed by atoms with Gasteiger partial charge in [0.1, 0.15) is 0 Å². The number of ether oxygens (including phenoxy) is 2. The molecule has 4 rings (SSSR count). The second-order valence-corrected chi connectivity index (χ2v) is 7.15. The van der Waals surface area contributed by atoms with Crippen LogP contribution in [0.15, 0.2) is 18.3 Å². The molecule has 2 fully saturated rings. The van der Waals surface area contributed by atoms with E-state index in [-0.39, 0.29) is 12.5 Å². The first-order valence-electron chi connectivity index (χ1n) is 10.4. The van der Waals surface area contributed by atoms with Gasteiger partial charge in [-0.05, 0) is 25.8 Å². The van der Waals surface area contributed by atoms with Crippen LogP contribution in [-0.2, 0) is 11.3 Å². The number of amides is 1. The van der Waals surface area contributed by atoms with Crippen LogP contribution in [0.5, 0.6) is 5.88 Å². The van der Waals surface area contributed by atoms with Gasteiger partial charge in [-0.15, -0.1) is 0 Å². The van der Waals surface area contributed by atoms with E-state index in [0.717, 1.165) is 39.0 Å². The molecule has 1 N–H and O–H groups in total. The Hall–Kier alpha value is -3.01. The molecule has 0 saturated carbocycles. The molecule has 4 heterocycles. The molecule has 0 aromatic carbocycles. The molecule has 160 valence electrons. The van der Waals surface area contributed by atoms with Crippen molar-refractivity contribution in [2.24, 2.45) is 0 Å². The third kappa shape index (κ3) is 4.93. The number of carbonyl (C=O) groups is 1. The summed E-state index contributed by atoms with van der Waals surface area (Å²) < 4.78 is 10.8. The monoisotopic (exact) mass is 413 g/mol. The molecule has 0 spiro atoms. The molecule has 10 heteroatoms. The maximum atomic E-state index is 12.5. The Morgan fingerprint density at radius 2 is 1.77 bits per heavy atom. The zero-order valence-corrected chi connectivity index (χ0v) is 17.2. The minimum atomic E-state index is -0.235. The molecule has 2 saturated heterocycles. The zero-order valence-electron chi connectivity index (χ0n) is 17.2. The Kier molecular flexibility index (Phi) is 6.53. The molecule has 2 aromatic heterocycles. The first-order valence-corrected chi connectivity index (χ1v) is 10.4. The Morgan fingerprint density at radius 1 is 1.07 bits per heavy atom. The Labute approximate surface area is 175 Å². The van der Waals surface area contributed by atoms with Gasteiger partial charge < -0.3 is 24.6 Å². The largest absolute Gasteiger partial charge is 0.478 e. The van der Waals surface area contributed by atoms with E-state index < -0.39 is 0 Å². The Bertz CT molecular complexity index is 850. The van der Waals surface area contributed by atoms with E-state index >= 15 is 0 Å². The molecular weight excluding hydrogens is 386 g/mol. The summed E-state index contributed by atoms with van der Waals surface area (Å²) in [5.41, 5.74) is 0.459. The quantitative estimate of drug-likeness (QED) is 0.712. The van der Waals surface area contributed by atoms with Crippen molar-refractivity contribution in [3.05, 3.63) is 29.7 Å². The van der Waals surface area contributed by atoms with Gasteiger partial charge in [0.25, 0.3) is 5.91 Å². The van der Waals surface area contributed by atoms with Crippen LogP contribution in [0, 0.1) is 0 Å². The van der Waals surface area contributed by atoms with Gasteiger partial charge in [0.2, 0.25) is 17.8 Å². The second-order valence-electron chi connectivity index (χ2n) is 7.15. The van der Waals surface area contributed by atoms with Crippen LogP contribution >= 0.6 is 0 Å². The number of nitrogens with one attached hydrogen (secondary N) is 1. The van der Waals surface area contributed by atoms with E-state index in [9.17, 15) is 4.79 Å². The lowest BCUT2D eigenvalue weighted by Gasteiger charge is -2.28. The van der Waals surface area contributed by atoms with Crippen molar-refractivity contribution in [3.8, 4) is 5.88 Å². The number of morpholine rings is 1. The van der Waals surface area contributed by atoms with Crippen LogP contribution in [0.1, 0.15) is 35.9 Å². The highest BCUT2D eigenvalue weighted by Crippen LogP contribution is 2.19. The standard InChI is InChI=1S/C20H27N7O3/c1-2-30-17-6-5-15(13-21-17)18(28)22-14-16-23-19(26-7-3-4-8-26)25-20(24-16)27-9-11-29-12-10-27/h5-6,13H,2-4,7-12,14H2,1H3,(H,22,28). The summed E-state index contributed by atoms with van der Waals surface area (Å²) in [6.07, 6.45) is 3.77. The molecule has 1 amide bonds. The van der Waals surface area contributed by atoms with Gasteiger partial charge >= 0.3 is 0 Å². The van der Waals surface area contributed by atoms with Crippen LogP contribution in [0.3, 0.4) is 0 Å². The van der Waals surface area contributed by atoms with Gasteiger partial charge in [-0.2, -0.15) is 15.0 Å². The molecule has 0 radical (unpaired) electrons. The zero-order chi connectivity index (χ0) is 20.8. The third-order valence-electron chi connectivity index (χ3n) is 5.04. The second kappa shape index (κ2) is 9.66. The summed E-state index contributed by atoms with van der Waals surface area (Å²) in [6, 6.07) is 3.37. The molecule has 2 aliphatic heterocycles. The van der Waals surface area contributed by atoms with Crippen molar-refractivity contribution in [1.82, 2.24) is 25.3 Å². The highest BCUT2D eigenvalue weighted by Gasteiger charge is 2.21. The fourth-order valence-corrected chi connectivity index (χ4v) is 3.45. The lowest BCUT2D eigenvalue weighted by molar-refractivity contribution is 0.0949. The van der Waals surface area contributed by atoms with Gasteiger partial charge in [-0.3, -0.25) is 4.79 Å². The third-order valence-corrected chi connectivity index (χ3v) is 5.04. The number of hydrogen-bond acceptors (Lipinski definition) is 9. The lowest BCUT2D eigenvalue weighted by Crippen LogP contribution is -2.38. The number of rotatable bonds is 7. The van der Waals surface area contributed by atoms with Crippen LogP contribution in [0.4, 0.5) is 11.9 Å². The van der Waals surface area contributed by atoms with Crippen LogP contribution in [0.2, 0.25) is 0 Å². The van der Waals surface area contributed by atoms with Gasteiger partial charge in [0.05, 0.1) is 31.9 Å². The highest BCUT2D eigenvalue weighted by molar-refractivity contribution is 5.93. The summed E-state index contributed by atoms with van der Waals surface area (Å²) in [7, 11) is 0. The molecule has 0 atom stereocenters. The average molecular weight is 413 g/mol. The smallest absolute Gasteiger partial charge is 0.253 e. The van der Waals surface area contributed by atoms with Crippen molar-refractivity contribution in [3.63, 3.8) is 0 Å². The predicted octanol–water partition coefficient (Wildman–Crippen LogP) is 1.03. The fraction of sp³-hybridized carbons (Fsp3) is 0.550. The lowest BCUT2D eigenvalue weighted by atomic mass is 10.2. The molecule has 10 nitrogen and oxygen atoms in total. The molecule has 0 unspecified atom stereocenters. The van der Waals surface area contributed by atoms with Crippen molar-refractivity contribution < 1.29 is 14.3 Å². The van der Waals surface area contributed by atoms with E-state index in [4.69, 9.17) is 9.47 Å². The molecule has 2 aliphatic rings. The average Bonchev–Trinajstić information content (AvgIpc) is 3.34. The van der Waals surface area contributed by atoms with Gasteiger partial charge in [0.15, 0.2) is 5.82 Å². The predicted molar refractivity (Wildman–Crippen MR) is 111 cm³/mol. The molecule has 30 heavy (non-hydrogen) atoms. The summed E-state index contributed by atoms with van der Waals surface area (Å²) in [4.78, 5) is 34.8. The van der Waals surface area contributed by atoms with E-state index in [1.165, 1.54) is 6.20 Å².